The molecule has 0 spiro atoms. The van der Waals surface area contributed by atoms with E-state index < -0.39 is 12.0 Å². The monoisotopic (exact) mass is 761 g/mol. The van der Waals surface area contributed by atoms with Crippen molar-refractivity contribution in [3.63, 3.8) is 0 Å². The van der Waals surface area contributed by atoms with Gasteiger partial charge >= 0.3 is 5.97 Å². The van der Waals surface area contributed by atoms with Crippen LogP contribution in [0.3, 0.4) is 0 Å². The van der Waals surface area contributed by atoms with E-state index in [1.54, 1.807) is 18.6 Å². The van der Waals surface area contributed by atoms with Crippen LogP contribution < -0.4 is 19.6 Å². The molecular weight excluding hydrogens is 730 g/mol. The Morgan fingerprint density at radius 1 is 1.04 bits per heavy atom. The minimum absolute atomic E-state index is 0.206. The highest BCUT2D eigenvalue weighted by molar-refractivity contribution is 9.10. The Morgan fingerprint density at radius 3 is 2.50 bits per heavy atom. The average molecular weight is 764 g/mol. The molecule has 0 saturated heterocycles. The van der Waals surface area contributed by atoms with Crippen LogP contribution in [0, 0.1) is 6.92 Å². The third kappa shape index (κ3) is 5.94. The van der Waals surface area contributed by atoms with E-state index >= 15 is 0 Å². The van der Waals surface area contributed by atoms with Crippen molar-refractivity contribution in [2.75, 3.05) is 13.7 Å². The van der Waals surface area contributed by atoms with Crippen molar-refractivity contribution in [2.45, 2.75) is 46.2 Å². The Bertz CT molecular complexity index is 2180. The first-order valence-electron chi connectivity index (χ1n) is 15.1. The molecule has 0 bridgehead atoms. The Labute approximate surface area is 287 Å². The van der Waals surface area contributed by atoms with Gasteiger partial charge in [0.05, 0.1) is 29.5 Å². The Morgan fingerprint density at radius 2 is 1.78 bits per heavy atom. The fourth-order valence-corrected chi connectivity index (χ4v) is 7.73. The maximum Gasteiger partial charge on any atom is 0.338 e. The van der Waals surface area contributed by atoms with Gasteiger partial charge in [-0.25, -0.2) is 9.79 Å². The van der Waals surface area contributed by atoms with E-state index in [0.29, 0.717) is 44.9 Å². The average Bonchev–Trinajstić information content (AvgIpc) is 3.50. The van der Waals surface area contributed by atoms with E-state index in [2.05, 4.69) is 67.6 Å². The minimum Gasteiger partial charge on any atom is -0.496 e. The fourth-order valence-electron chi connectivity index (χ4n) is 6.08. The van der Waals surface area contributed by atoms with Crippen LogP contribution in [0.2, 0.25) is 0 Å². The van der Waals surface area contributed by atoms with E-state index in [9.17, 15) is 9.59 Å². The molecule has 3 aromatic carbocycles. The lowest BCUT2D eigenvalue weighted by Gasteiger charge is -2.27. The van der Waals surface area contributed by atoms with Crippen molar-refractivity contribution in [1.29, 1.82) is 0 Å². The number of aromatic nitrogens is 2. The molecule has 0 saturated carbocycles. The third-order valence-electron chi connectivity index (χ3n) is 8.19. The number of hydrogen-bond donors (Lipinski definition) is 0. The lowest BCUT2D eigenvalue weighted by molar-refractivity contribution is -0.139. The Balaban J connectivity index is 1.59. The second-order valence-electron chi connectivity index (χ2n) is 11.0. The maximum atomic E-state index is 14.5. The number of thiazole rings is 1. The van der Waals surface area contributed by atoms with Crippen LogP contribution in [0.25, 0.3) is 17.0 Å². The molecule has 0 N–H and O–H groups in total. The number of hydrogen-bond acceptors (Lipinski definition) is 6. The van der Waals surface area contributed by atoms with Crippen molar-refractivity contribution >= 4 is 66.1 Å². The zero-order valence-corrected chi connectivity index (χ0v) is 30.0. The van der Waals surface area contributed by atoms with E-state index in [1.807, 2.05) is 55.5 Å². The number of rotatable bonds is 9. The highest BCUT2D eigenvalue weighted by Crippen LogP contribution is 2.38. The van der Waals surface area contributed by atoms with Crippen LogP contribution in [0.15, 0.2) is 96.7 Å². The molecule has 236 valence electrons. The van der Waals surface area contributed by atoms with E-state index in [-0.39, 0.29) is 12.2 Å². The molecule has 7 nitrogen and oxygen atoms in total. The zero-order chi connectivity index (χ0) is 32.5. The predicted molar refractivity (Wildman–Crippen MR) is 190 cm³/mol. The van der Waals surface area contributed by atoms with Crippen LogP contribution in [-0.2, 0) is 16.1 Å². The Hall–Kier alpha value is -3.73. The molecule has 10 heteroatoms. The summed E-state index contributed by atoms with van der Waals surface area (Å²) in [5.41, 5.74) is 5.75. The fraction of sp³-hybridized carbons (Fsp3) is 0.250. The van der Waals surface area contributed by atoms with Gasteiger partial charge in [-0.05, 0) is 68.3 Å². The zero-order valence-electron chi connectivity index (χ0n) is 26.0. The molecule has 2 aromatic heterocycles. The highest BCUT2D eigenvalue weighted by Gasteiger charge is 2.36. The predicted octanol–water partition coefficient (Wildman–Crippen LogP) is 7.42. The van der Waals surface area contributed by atoms with Crippen LogP contribution in [0.5, 0.6) is 5.75 Å². The summed E-state index contributed by atoms with van der Waals surface area (Å²) in [6, 6.07) is 21.4. The molecular formula is C36H33Br2N3O4S. The molecule has 3 heterocycles. The topological polar surface area (TPSA) is 74.8 Å². The number of allylic oxidation sites excluding steroid dienone is 1. The summed E-state index contributed by atoms with van der Waals surface area (Å²) in [6.45, 7) is 6.81. The second-order valence-corrected chi connectivity index (χ2v) is 13.9. The van der Waals surface area contributed by atoms with Gasteiger partial charge in [0.1, 0.15) is 11.8 Å². The first-order chi connectivity index (χ1) is 22.2. The summed E-state index contributed by atoms with van der Waals surface area (Å²) in [6.07, 6.45) is 3.31. The molecule has 0 aliphatic carbocycles. The number of carbonyl (C=O) groups is 1. The van der Waals surface area contributed by atoms with Gasteiger partial charge in [-0.3, -0.25) is 9.36 Å². The molecule has 46 heavy (non-hydrogen) atoms. The molecule has 0 unspecified atom stereocenters. The molecule has 5 aromatic rings. The first-order valence-corrected chi connectivity index (χ1v) is 17.5. The van der Waals surface area contributed by atoms with Crippen LogP contribution in [0.1, 0.15) is 55.1 Å². The SMILES string of the molecule is CCCC1=C(C(=O)OCC)[C@@H](c2cc(Br)ccc2OC)n2c(s/c(=C/c3c(C)n(Cc4ccc(Br)cc4)c4ccccc34)c2=O)=N1. The van der Waals surface area contributed by atoms with E-state index in [4.69, 9.17) is 14.5 Å². The Kier molecular flexibility index (Phi) is 9.49. The minimum atomic E-state index is -0.772. The summed E-state index contributed by atoms with van der Waals surface area (Å²) >= 11 is 8.46. The number of ether oxygens (including phenoxy) is 2. The van der Waals surface area contributed by atoms with Crippen molar-refractivity contribution < 1.29 is 14.3 Å². The molecule has 1 atom stereocenters. The number of halogens is 2. The van der Waals surface area contributed by atoms with Crippen molar-refractivity contribution in [2.24, 2.45) is 4.99 Å². The maximum absolute atomic E-state index is 14.5. The van der Waals surface area contributed by atoms with Gasteiger partial charge < -0.3 is 14.0 Å². The molecule has 1 aliphatic heterocycles. The van der Waals surface area contributed by atoms with Gasteiger partial charge in [-0.1, -0.05) is 86.9 Å². The van der Waals surface area contributed by atoms with Crippen molar-refractivity contribution in [1.82, 2.24) is 9.13 Å². The lowest BCUT2D eigenvalue weighted by atomic mass is 9.93. The van der Waals surface area contributed by atoms with E-state index in [0.717, 1.165) is 37.5 Å². The molecule has 1 aliphatic rings. The number of fused-ring (bicyclic) bond motifs is 2. The first kappa shape index (κ1) is 32.2. The molecule has 0 amide bonds. The number of esters is 1. The van der Waals surface area contributed by atoms with Crippen LogP contribution in [0.4, 0.5) is 0 Å². The summed E-state index contributed by atoms with van der Waals surface area (Å²) in [4.78, 5) is 33.6. The summed E-state index contributed by atoms with van der Waals surface area (Å²) in [5, 5.41) is 1.06. The second kappa shape index (κ2) is 13.6. The standard InChI is InChI=1S/C36H33Br2N3O4S/c1-5-9-28-32(35(43)45-6-2)33(27-18-24(38)16-17-30(27)44-4)41-34(42)31(46-36(41)39-28)19-26-21(3)40(29-11-8-7-10-25(26)29)20-22-12-14-23(37)15-13-22/h7-8,10-19,33H,5-6,9,20H2,1-4H3/b31-19+/t33-/m1/s1. The van der Waals surface area contributed by atoms with E-state index in [1.165, 1.54) is 16.9 Å². The van der Waals surface area contributed by atoms with Gasteiger partial charge in [-0.15, -0.1) is 0 Å². The quantitative estimate of drug-likeness (QED) is 0.147. The number of methoxy groups -OCH3 is 1. The number of carbonyl (C=O) groups excluding carboxylic acids is 1. The molecule has 0 radical (unpaired) electrons. The summed E-state index contributed by atoms with van der Waals surface area (Å²) < 4.78 is 17.6. The third-order valence-corrected chi connectivity index (χ3v) is 10.2. The van der Waals surface area contributed by atoms with Gasteiger partial charge in [0.25, 0.3) is 5.56 Å². The summed E-state index contributed by atoms with van der Waals surface area (Å²) in [7, 11) is 1.59. The normalized spacial score (nSPS) is 14.8. The van der Waals surface area contributed by atoms with Gasteiger partial charge in [0, 0.05) is 43.2 Å². The smallest absolute Gasteiger partial charge is 0.338 e. The van der Waals surface area contributed by atoms with Gasteiger partial charge in [0.2, 0.25) is 0 Å². The van der Waals surface area contributed by atoms with Gasteiger partial charge in [0.15, 0.2) is 4.80 Å². The number of nitrogens with zero attached hydrogens (tertiary/aromatic N) is 3. The largest absolute Gasteiger partial charge is 0.496 e. The number of para-hydroxylation sites is 1. The van der Waals surface area contributed by atoms with Crippen molar-refractivity contribution in [3.8, 4) is 5.75 Å². The lowest BCUT2D eigenvalue weighted by Crippen LogP contribution is -2.40. The number of benzene rings is 3. The van der Waals surface area contributed by atoms with Gasteiger partial charge in [-0.2, -0.15) is 0 Å². The van der Waals surface area contributed by atoms with Crippen LogP contribution in [-0.4, -0.2) is 28.8 Å². The van der Waals surface area contributed by atoms with Crippen molar-refractivity contribution in [3.05, 3.63) is 129 Å². The van der Waals surface area contributed by atoms with Crippen LogP contribution >= 0.6 is 43.2 Å². The highest BCUT2D eigenvalue weighted by atomic mass is 79.9. The molecule has 0 fully saturated rings. The molecule has 6 rings (SSSR count). The summed E-state index contributed by atoms with van der Waals surface area (Å²) in [5.74, 6) is 0.0806.